The van der Waals surface area contributed by atoms with Crippen molar-refractivity contribution < 1.29 is 8.42 Å². The van der Waals surface area contributed by atoms with E-state index in [1.165, 1.54) is 18.4 Å². The Morgan fingerprint density at radius 3 is 2.37 bits per heavy atom. The number of hydrogen-bond donors (Lipinski definition) is 1. The SMILES string of the molecule is CCCCN(C)c1cccc(S(=O)(=O)N(C)C)c1N. The Hall–Kier alpha value is -1.27. The fraction of sp³-hybridized carbons (Fsp3) is 0.538. The third-order valence-corrected chi connectivity index (χ3v) is 4.93. The van der Waals surface area contributed by atoms with E-state index in [1.807, 2.05) is 18.0 Å². The number of nitrogens with zero attached hydrogens (tertiary/aromatic N) is 2. The molecular weight excluding hydrogens is 262 g/mol. The summed E-state index contributed by atoms with van der Waals surface area (Å²) in [6.07, 6.45) is 2.13. The summed E-state index contributed by atoms with van der Waals surface area (Å²) in [4.78, 5) is 2.16. The van der Waals surface area contributed by atoms with Gasteiger partial charge in [0.05, 0.1) is 11.4 Å². The lowest BCUT2D eigenvalue weighted by Crippen LogP contribution is -2.25. The minimum Gasteiger partial charge on any atom is -0.396 e. The number of para-hydroxylation sites is 1. The van der Waals surface area contributed by atoms with Gasteiger partial charge in [-0.1, -0.05) is 19.4 Å². The van der Waals surface area contributed by atoms with Gasteiger partial charge in [-0.15, -0.1) is 0 Å². The maximum Gasteiger partial charge on any atom is 0.244 e. The van der Waals surface area contributed by atoms with Crippen LogP contribution in [0.2, 0.25) is 0 Å². The molecule has 1 aromatic carbocycles. The van der Waals surface area contributed by atoms with Gasteiger partial charge in [-0.25, -0.2) is 12.7 Å². The van der Waals surface area contributed by atoms with Crippen molar-refractivity contribution in [2.45, 2.75) is 24.7 Å². The van der Waals surface area contributed by atoms with Gasteiger partial charge in [0, 0.05) is 27.7 Å². The molecule has 0 saturated heterocycles. The van der Waals surface area contributed by atoms with E-state index in [0.29, 0.717) is 5.69 Å². The lowest BCUT2D eigenvalue weighted by molar-refractivity contribution is 0.521. The molecule has 0 unspecified atom stereocenters. The lowest BCUT2D eigenvalue weighted by Gasteiger charge is -2.23. The van der Waals surface area contributed by atoms with Gasteiger partial charge in [0.25, 0.3) is 0 Å². The van der Waals surface area contributed by atoms with Crippen molar-refractivity contribution in [3.05, 3.63) is 18.2 Å². The van der Waals surface area contributed by atoms with Crippen LogP contribution in [0, 0.1) is 0 Å². The number of anilines is 2. The molecule has 5 nitrogen and oxygen atoms in total. The van der Waals surface area contributed by atoms with E-state index in [4.69, 9.17) is 5.73 Å². The molecule has 19 heavy (non-hydrogen) atoms. The first kappa shape index (κ1) is 15.8. The summed E-state index contributed by atoms with van der Waals surface area (Å²) in [6.45, 7) is 2.97. The predicted octanol–water partition coefficient (Wildman–Crippen LogP) is 1.76. The molecule has 0 atom stereocenters. The van der Waals surface area contributed by atoms with E-state index in [-0.39, 0.29) is 4.90 Å². The van der Waals surface area contributed by atoms with E-state index in [0.717, 1.165) is 25.1 Å². The summed E-state index contributed by atoms with van der Waals surface area (Å²) in [5.74, 6) is 0. The molecule has 0 aliphatic rings. The standard InChI is InChI=1S/C13H23N3O2S/c1-5-6-10-16(4)11-8-7-9-12(13(11)14)19(17,18)15(2)3/h7-9H,5-6,10,14H2,1-4H3. The van der Waals surface area contributed by atoms with Crippen LogP contribution in [-0.4, -0.2) is 40.4 Å². The van der Waals surface area contributed by atoms with Crippen molar-refractivity contribution in [1.29, 1.82) is 0 Å². The highest BCUT2D eigenvalue weighted by Gasteiger charge is 2.22. The largest absolute Gasteiger partial charge is 0.396 e. The summed E-state index contributed by atoms with van der Waals surface area (Å²) in [6, 6.07) is 5.12. The quantitative estimate of drug-likeness (QED) is 0.809. The number of rotatable bonds is 6. The smallest absolute Gasteiger partial charge is 0.244 e. The summed E-state index contributed by atoms with van der Waals surface area (Å²) in [5, 5.41) is 0. The monoisotopic (exact) mass is 285 g/mol. The van der Waals surface area contributed by atoms with Crippen LogP contribution in [0.4, 0.5) is 11.4 Å². The normalized spacial score (nSPS) is 11.8. The first-order valence-corrected chi connectivity index (χ1v) is 7.78. The van der Waals surface area contributed by atoms with E-state index in [1.54, 1.807) is 12.1 Å². The zero-order valence-corrected chi connectivity index (χ0v) is 12.9. The Morgan fingerprint density at radius 2 is 1.84 bits per heavy atom. The van der Waals surface area contributed by atoms with E-state index < -0.39 is 10.0 Å². The molecular formula is C13H23N3O2S. The highest BCUT2D eigenvalue weighted by molar-refractivity contribution is 7.89. The average Bonchev–Trinajstić information content (AvgIpc) is 2.35. The topological polar surface area (TPSA) is 66.6 Å². The molecule has 0 aromatic heterocycles. The second-order valence-electron chi connectivity index (χ2n) is 4.75. The molecule has 1 aromatic rings. The van der Waals surface area contributed by atoms with Crippen LogP contribution in [0.15, 0.2) is 23.1 Å². The van der Waals surface area contributed by atoms with Crippen LogP contribution in [-0.2, 0) is 10.0 Å². The highest BCUT2D eigenvalue weighted by Crippen LogP contribution is 2.30. The first-order chi connectivity index (χ1) is 8.82. The molecule has 0 aliphatic carbocycles. The highest BCUT2D eigenvalue weighted by atomic mass is 32.2. The third-order valence-electron chi connectivity index (χ3n) is 3.06. The van der Waals surface area contributed by atoms with Gasteiger partial charge in [0.1, 0.15) is 4.90 Å². The molecule has 0 heterocycles. The number of nitrogen functional groups attached to an aromatic ring is 1. The average molecular weight is 285 g/mol. The lowest BCUT2D eigenvalue weighted by atomic mass is 10.2. The van der Waals surface area contributed by atoms with Crippen molar-refractivity contribution in [2.75, 3.05) is 38.3 Å². The van der Waals surface area contributed by atoms with Gasteiger partial charge in [0.15, 0.2) is 0 Å². The van der Waals surface area contributed by atoms with E-state index in [2.05, 4.69) is 6.92 Å². The van der Waals surface area contributed by atoms with Gasteiger partial charge in [-0.3, -0.25) is 0 Å². The number of hydrogen-bond acceptors (Lipinski definition) is 4. The Kier molecular flexibility index (Phi) is 5.20. The van der Waals surface area contributed by atoms with Gasteiger partial charge in [-0.05, 0) is 18.6 Å². The fourth-order valence-electron chi connectivity index (χ4n) is 1.80. The summed E-state index contributed by atoms with van der Waals surface area (Å²) >= 11 is 0. The van der Waals surface area contributed by atoms with Gasteiger partial charge in [0.2, 0.25) is 10.0 Å². The maximum absolute atomic E-state index is 12.2. The Labute approximate surface area is 116 Å². The first-order valence-electron chi connectivity index (χ1n) is 6.34. The molecule has 0 radical (unpaired) electrons. The van der Waals surface area contributed by atoms with Crippen LogP contribution in [0.1, 0.15) is 19.8 Å². The Morgan fingerprint density at radius 1 is 1.21 bits per heavy atom. The maximum atomic E-state index is 12.2. The molecule has 6 heteroatoms. The zero-order chi connectivity index (χ0) is 14.6. The molecule has 0 amide bonds. The summed E-state index contributed by atoms with van der Waals surface area (Å²) < 4.78 is 25.5. The van der Waals surface area contributed by atoms with E-state index in [9.17, 15) is 8.42 Å². The van der Waals surface area contributed by atoms with Gasteiger partial charge < -0.3 is 10.6 Å². The molecule has 108 valence electrons. The third kappa shape index (κ3) is 3.39. The predicted molar refractivity (Wildman–Crippen MR) is 79.9 cm³/mol. The molecule has 1 rings (SSSR count). The summed E-state index contributed by atoms with van der Waals surface area (Å²) in [5.41, 5.74) is 7.11. The van der Waals surface area contributed by atoms with Crippen molar-refractivity contribution in [3.8, 4) is 0 Å². The molecule has 0 fully saturated rings. The Balaban J connectivity index is 3.19. The number of sulfonamides is 1. The second kappa shape index (κ2) is 6.25. The number of nitrogens with two attached hydrogens (primary N) is 1. The molecule has 0 aliphatic heterocycles. The van der Waals surface area contributed by atoms with Crippen molar-refractivity contribution in [3.63, 3.8) is 0 Å². The van der Waals surface area contributed by atoms with Crippen LogP contribution in [0.25, 0.3) is 0 Å². The van der Waals surface area contributed by atoms with Crippen LogP contribution in [0.3, 0.4) is 0 Å². The molecule has 0 saturated carbocycles. The van der Waals surface area contributed by atoms with E-state index >= 15 is 0 Å². The van der Waals surface area contributed by atoms with Crippen LogP contribution >= 0.6 is 0 Å². The minimum absolute atomic E-state index is 0.165. The van der Waals surface area contributed by atoms with Gasteiger partial charge >= 0.3 is 0 Å². The molecule has 2 N–H and O–H groups in total. The Bertz CT molecular complexity index is 527. The number of benzene rings is 1. The van der Waals surface area contributed by atoms with Crippen molar-refractivity contribution >= 4 is 21.4 Å². The molecule has 0 bridgehead atoms. The summed E-state index contributed by atoms with van der Waals surface area (Å²) in [7, 11) is 1.43. The fourth-order valence-corrected chi connectivity index (χ4v) is 2.83. The van der Waals surface area contributed by atoms with Crippen LogP contribution < -0.4 is 10.6 Å². The zero-order valence-electron chi connectivity index (χ0n) is 12.0. The van der Waals surface area contributed by atoms with Crippen LogP contribution in [0.5, 0.6) is 0 Å². The van der Waals surface area contributed by atoms with Crippen molar-refractivity contribution in [2.24, 2.45) is 0 Å². The second-order valence-corrected chi connectivity index (χ2v) is 6.87. The molecule has 0 spiro atoms. The number of unbranched alkanes of at least 4 members (excludes halogenated alkanes) is 1. The van der Waals surface area contributed by atoms with Crippen molar-refractivity contribution in [1.82, 2.24) is 4.31 Å². The minimum atomic E-state index is -3.50. The van der Waals surface area contributed by atoms with Gasteiger partial charge in [-0.2, -0.15) is 0 Å².